The fourth-order valence-corrected chi connectivity index (χ4v) is 7.93. The van der Waals surface area contributed by atoms with E-state index < -0.39 is 69.7 Å². The van der Waals surface area contributed by atoms with Crippen LogP contribution in [-0.4, -0.2) is 100 Å². The molecule has 2 fully saturated rings. The summed E-state index contributed by atoms with van der Waals surface area (Å²) in [5, 5.41) is 23.5. The van der Waals surface area contributed by atoms with Crippen molar-refractivity contribution < 1.29 is 52.5 Å². The molecule has 0 saturated carbocycles. The first-order valence-corrected chi connectivity index (χ1v) is 23.4. The fraction of sp³-hybridized carbons (Fsp3) is 0.489. The van der Waals surface area contributed by atoms with Gasteiger partial charge in [0.2, 0.25) is 0 Å². The molecule has 0 aromatic heterocycles. The van der Waals surface area contributed by atoms with E-state index in [0.717, 1.165) is 22.3 Å². The van der Waals surface area contributed by atoms with Crippen LogP contribution in [0.2, 0.25) is 18.1 Å². The molecule has 4 aromatic rings. The number of aliphatic hydroxyl groups is 2. The number of methoxy groups -OCH3 is 1. The molecule has 2 aliphatic heterocycles. The van der Waals surface area contributed by atoms with Gasteiger partial charge in [-0.1, -0.05) is 142 Å². The Morgan fingerprint density at radius 1 is 0.525 bits per heavy atom. The van der Waals surface area contributed by atoms with Crippen LogP contribution in [0.3, 0.4) is 0 Å². The van der Waals surface area contributed by atoms with Crippen molar-refractivity contribution in [1.29, 1.82) is 0 Å². The Morgan fingerprint density at radius 3 is 1.44 bits per heavy atom. The zero-order chi connectivity index (χ0) is 41.8. The van der Waals surface area contributed by atoms with Crippen molar-refractivity contribution in [3.8, 4) is 0 Å². The highest BCUT2D eigenvalue weighted by Gasteiger charge is 2.53. The summed E-state index contributed by atoms with van der Waals surface area (Å²) in [5.74, 6) is 0. The minimum atomic E-state index is -2.24. The summed E-state index contributed by atoms with van der Waals surface area (Å²) < 4.78 is 58.6. The van der Waals surface area contributed by atoms with Crippen LogP contribution < -0.4 is 0 Å². The van der Waals surface area contributed by atoms with E-state index in [-0.39, 0.29) is 38.1 Å². The van der Waals surface area contributed by atoms with Crippen LogP contribution in [-0.2, 0) is 68.7 Å². The molecule has 4 aromatic carbocycles. The van der Waals surface area contributed by atoms with E-state index in [0.29, 0.717) is 6.61 Å². The summed E-state index contributed by atoms with van der Waals surface area (Å²) in [4.78, 5) is 0. The van der Waals surface area contributed by atoms with Crippen molar-refractivity contribution in [1.82, 2.24) is 0 Å². The molecule has 10 atom stereocenters. The molecule has 59 heavy (non-hydrogen) atoms. The van der Waals surface area contributed by atoms with Crippen LogP contribution in [0, 0.1) is 0 Å². The van der Waals surface area contributed by atoms with E-state index in [4.69, 9.17) is 42.3 Å². The molecule has 0 radical (unpaired) electrons. The Balaban J connectivity index is 1.34. The molecule has 11 nitrogen and oxygen atoms in total. The first kappa shape index (κ1) is 45.2. The summed E-state index contributed by atoms with van der Waals surface area (Å²) in [6.07, 6.45) is -10.2. The molecular weight excluding hydrogens is 769 g/mol. The quantitative estimate of drug-likeness (QED) is 0.0935. The summed E-state index contributed by atoms with van der Waals surface area (Å²) >= 11 is 0. The SMILES string of the molecule is CO[C@H]1O[C@H](CO[Si](C)(C)C(C)(C)C)[C@@H](O)[C@H](OC2O[C@H](COCc3ccccc3)[C@@H](OCc3ccccc3)[C@H](OCc3ccccc3)[C@H]2OCc2ccccc2)[C@@H]1O. The Labute approximate surface area is 350 Å². The second kappa shape index (κ2) is 21.4. The maximum Gasteiger partial charge on any atom is 0.192 e. The fourth-order valence-electron chi connectivity index (χ4n) is 6.91. The molecule has 0 spiro atoms. The van der Waals surface area contributed by atoms with Gasteiger partial charge in [0.25, 0.3) is 0 Å². The second-order valence-electron chi connectivity index (χ2n) is 16.8. The molecule has 6 rings (SSSR count). The lowest BCUT2D eigenvalue weighted by Crippen LogP contribution is -2.66. The molecule has 0 aliphatic carbocycles. The van der Waals surface area contributed by atoms with E-state index in [1.807, 2.05) is 121 Å². The van der Waals surface area contributed by atoms with E-state index in [1.165, 1.54) is 7.11 Å². The first-order chi connectivity index (χ1) is 28.4. The number of benzene rings is 4. The zero-order valence-corrected chi connectivity index (χ0v) is 36.1. The lowest BCUT2D eigenvalue weighted by molar-refractivity contribution is -0.369. The monoisotopic (exact) mass is 830 g/mol. The van der Waals surface area contributed by atoms with Crippen molar-refractivity contribution in [3.63, 3.8) is 0 Å². The molecular formula is C47H62O11Si. The summed E-state index contributed by atoms with van der Waals surface area (Å²) in [7, 11) is -0.800. The molecule has 0 bridgehead atoms. The van der Waals surface area contributed by atoms with Crippen molar-refractivity contribution in [2.24, 2.45) is 0 Å². The number of ether oxygens (including phenoxy) is 8. The average Bonchev–Trinajstić information content (AvgIpc) is 3.24. The Morgan fingerprint density at radius 2 is 0.966 bits per heavy atom. The summed E-state index contributed by atoms with van der Waals surface area (Å²) in [6, 6.07) is 39.5. The predicted octanol–water partition coefficient (Wildman–Crippen LogP) is 7.18. The zero-order valence-electron chi connectivity index (χ0n) is 35.1. The van der Waals surface area contributed by atoms with Crippen molar-refractivity contribution in [3.05, 3.63) is 144 Å². The summed E-state index contributed by atoms with van der Waals surface area (Å²) in [6.45, 7) is 12.0. The molecule has 1 unspecified atom stereocenters. The van der Waals surface area contributed by atoms with Gasteiger partial charge in [-0.15, -0.1) is 0 Å². The van der Waals surface area contributed by atoms with E-state index in [1.54, 1.807) is 0 Å². The Kier molecular flexibility index (Phi) is 16.4. The highest BCUT2D eigenvalue weighted by atomic mass is 28.4. The van der Waals surface area contributed by atoms with Gasteiger partial charge in [-0.3, -0.25) is 0 Å². The highest BCUT2D eigenvalue weighted by Crippen LogP contribution is 2.38. The minimum absolute atomic E-state index is 0.0760. The van der Waals surface area contributed by atoms with E-state index in [2.05, 4.69) is 33.9 Å². The Bertz CT molecular complexity index is 1780. The molecule has 0 amide bonds. The van der Waals surface area contributed by atoms with Gasteiger partial charge < -0.3 is 52.5 Å². The number of rotatable bonds is 19. The maximum atomic E-state index is 11.9. The van der Waals surface area contributed by atoms with Crippen LogP contribution >= 0.6 is 0 Å². The third kappa shape index (κ3) is 12.4. The molecule has 12 heteroatoms. The number of hydrogen-bond acceptors (Lipinski definition) is 11. The smallest absolute Gasteiger partial charge is 0.192 e. The van der Waals surface area contributed by atoms with Gasteiger partial charge in [-0.05, 0) is 40.4 Å². The van der Waals surface area contributed by atoms with E-state index >= 15 is 0 Å². The number of hydrogen-bond donors (Lipinski definition) is 2. The standard InChI is InChI=1S/C47H62O11Si/c1-47(2,3)59(5,6)55-32-37-39(48)42(40(49)45(50-4)56-37)58-46-44(54-30-36-25-17-10-18-26-36)43(53-29-35-23-15-9-16-24-35)41(52-28-34-21-13-8-14-22-34)38(57-46)31-51-27-33-19-11-7-12-20-33/h7-26,37-46,48-49H,27-32H2,1-6H3/t37-,38-,39-,40+,41-,42+,43+,44-,45+,46?/m1/s1. The number of aliphatic hydroxyl groups excluding tert-OH is 2. The van der Waals surface area contributed by atoms with Crippen LogP contribution in [0.5, 0.6) is 0 Å². The van der Waals surface area contributed by atoms with Gasteiger partial charge in [0.05, 0.1) is 39.6 Å². The maximum absolute atomic E-state index is 11.9. The predicted molar refractivity (Wildman–Crippen MR) is 226 cm³/mol. The van der Waals surface area contributed by atoms with Gasteiger partial charge in [0, 0.05) is 7.11 Å². The van der Waals surface area contributed by atoms with E-state index in [9.17, 15) is 10.2 Å². The van der Waals surface area contributed by atoms with Crippen LogP contribution in [0.1, 0.15) is 43.0 Å². The van der Waals surface area contributed by atoms with Gasteiger partial charge in [0.1, 0.15) is 48.8 Å². The molecule has 2 heterocycles. The average molecular weight is 831 g/mol. The second-order valence-corrected chi connectivity index (χ2v) is 21.6. The van der Waals surface area contributed by atoms with Crippen LogP contribution in [0.25, 0.3) is 0 Å². The first-order valence-electron chi connectivity index (χ1n) is 20.5. The van der Waals surface area contributed by atoms with Crippen LogP contribution in [0.4, 0.5) is 0 Å². The normalized spacial score (nSPS) is 27.7. The van der Waals surface area contributed by atoms with Gasteiger partial charge in [0.15, 0.2) is 20.9 Å². The molecule has 2 aliphatic rings. The third-order valence-electron chi connectivity index (χ3n) is 11.4. The van der Waals surface area contributed by atoms with Gasteiger partial charge in [-0.2, -0.15) is 0 Å². The third-order valence-corrected chi connectivity index (χ3v) is 15.9. The van der Waals surface area contributed by atoms with Crippen molar-refractivity contribution >= 4 is 8.32 Å². The largest absolute Gasteiger partial charge is 0.414 e. The minimum Gasteiger partial charge on any atom is -0.414 e. The highest BCUT2D eigenvalue weighted by molar-refractivity contribution is 6.74. The Hall–Kier alpha value is -3.34. The van der Waals surface area contributed by atoms with Gasteiger partial charge in [-0.25, -0.2) is 0 Å². The summed E-state index contributed by atoms with van der Waals surface area (Å²) in [5.41, 5.74) is 3.86. The molecule has 320 valence electrons. The lowest BCUT2D eigenvalue weighted by Gasteiger charge is -2.49. The van der Waals surface area contributed by atoms with Crippen molar-refractivity contribution in [2.45, 2.75) is 127 Å². The molecule has 2 N–H and O–H groups in total. The molecule has 2 saturated heterocycles. The van der Waals surface area contributed by atoms with Gasteiger partial charge >= 0.3 is 0 Å². The topological polar surface area (TPSA) is 124 Å². The van der Waals surface area contributed by atoms with Crippen molar-refractivity contribution in [2.75, 3.05) is 20.3 Å². The lowest BCUT2D eigenvalue weighted by atomic mass is 9.96. The van der Waals surface area contributed by atoms with Crippen LogP contribution in [0.15, 0.2) is 121 Å².